The van der Waals surface area contributed by atoms with Crippen LogP contribution in [0, 0.1) is 28.4 Å². The van der Waals surface area contributed by atoms with Crippen LogP contribution >= 0.6 is 11.3 Å². The second kappa shape index (κ2) is 5.63. The third-order valence-electron chi connectivity index (χ3n) is 2.83. The van der Waals surface area contributed by atoms with Crippen LogP contribution in [0.1, 0.15) is 26.7 Å². The van der Waals surface area contributed by atoms with Gasteiger partial charge in [-0.3, -0.25) is 14.9 Å². The van der Waals surface area contributed by atoms with Crippen LogP contribution in [0.15, 0.2) is 35.7 Å². The number of nitro benzene ring substituents is 1. The number of thiophene rings is 1. The van der Waals surface area contributed by atoms with E-state index in [4.69, 9.17) is 0 Å². The van der Waals surface area contributed by atoms with Crippen LogP contribution in [-0.2, 0) is 0 Å². The lowest BCUT2D eigenvalue weighted by Crippen LogP contribution is -2.12. The molecule has 5 nitrogen and oxygen atoms in total. The maximum atomic E-state index is 12.4. The van der Waals surface area contributed by atoms with Gasteiger partial charge in [0.1, 0.15) is 5.92 Å². The van der Waals surface area contributed by atoms with E-state index in [1.165, 1.54) is 23.5 Å². The molecule has 1 atom stereocenters. The summed E-state index contributed by atoms with van der Waals surface area (Å²) in [5.74, 6) is -1.54. The van der Waals surface area contributed by atoms with Crippen molar-refractivity contribution in [3.8, 4) is 6.07 Å². The highest BCUT2D eigenvalue weighted by Crippen LogP contribution is 2.29. The smallest absolute Gasteiger partial charge is 0.280 e. The largest absolute Gasteiger partial charge is 0.292 e. The molecule has 0 N–H and O–H groups in total. The minimum absolute atomic E-state index is 0.0186. The van der Waals surface area contributed by atoms with Gasteiger partial charge in [0, 0.05) is 10.9 Å². The average Bonchev–Trinajstić information content (AvgIpc) is 2.93. The summed E-state index contributed by atoms with van der Waals surface area (Å²) in [6.45, 7) is 1.74. The molecule has 1 heterocycles. The lowest BCUT2D eigenvalue weighted by atomic mass is 9.95. The summed E-state index contributed by atoms with van der Waals surface area (Å²) in [7, 11) is 0. The quantitative estimate of drug-likeness (QED) is 0.489. The molecule has 20 heavy (non-hydrogen) atoms. The molecule has 0 amide bonds. The number of hydrogen-bond acceptors (Lipinski definition) is 5. The van der Waals surface area contributed by atoms with E-state index in [1.54, 1.807) is 30.5 Å². The zero-order valence-corrected chi connectivity index (χ0v) is 11.4. The Morgan fingerprint density at radius 2 is 2.20 bits per heavy atom. The number of ketones is 1. The number of aryl methyl sites for hydroxylation is 1. The zero-order chi connectivity index (χ0) is 14.7. The zero-order valence-electron chi connectivity index (χ0n) is 10.6. The van der Waals surface area contributed by atoms with Gasteiger partial charge in [0.05, 0.1) is 16.6 Å². The fourth-order valence-corrected chi connectivity index (χ4v) is 2.64. The standard InChI is InChI=1S/C14H10N2O3S/c1-9-4-5-12(16(18)19)10(7-9)14(17)11(8-15)13-3-2-6-20-13/h2-7,11H,1H3. The molecule has 2 aromatic rings. The summed E-state index contributed by atoms with van der Waals surface area (Å²) >= 11 is 1.28. The molecule has 1 unspecified atom stereocenters. The van der Waals surface area contributed by atoms with Crippen molar-refractivity contribution in [1.82, 2.24) is 0 Å². The van der Waals surface area contributed by atoms with Gasteiger partial charge in [-0.1, -0.05) is 12.1 Å². The first-order valence-corrected chi connectivity index (χ1v) is 6.65. The van der Waals surface area contributed by atoms with Crippen molar-refractivity contribution >= 4 is 22.8 Å². The van der Waals surface area contributed by atoms with Gasteiger partial charge in [-0.25, -0.2) is 0 Å². The second-order valence-corrected chi connectivity index (χ2v) is 5.20. The molecule has 0 bridgehead atoms. The SMILES string of the molecule is Cc1ccc([N+](=O)[O-])c(C(=O)C(C#N)c2cccs2)c1. The number of nitriles is 1. The lowest BCUT2D eigenvalue weighted by Gasteiger charge is -2.07. The van der Waals surface area contributed by atoms with Gasteiger partial charge in [-0.05, 0) is 30.0 Å². The summed E-state index contributed by atoms with van der Waals surface area (Å²) in [6, 6.07) is 9.67. The number of rotatable bonds is 4. The van der Waals surface area contributed by atoms with Crippen molar-refractivity contribution in [1.29, 1.82) is 5.26 Å². The van der Waals surface area contributed by atoms with Crippen LogP contribution < -0.4 is 0 Å². The first kappa shape index (κ1) is 13.9. The molecule has 0 aliphatic rings. The highest BCUT2D eigenvalue weighted by atomic mass is 32.1. The normalized spacial score (nSPS) is 11.6. The molecule has 0 saturated heterocycles. The molecule has 1 aromatic carbocycles. The number of hydrogen-bond donors (Lipinski definition) is 0. The van der Waals surface area contributed by atoms with E-state index in [0.29, 0.717) is 4.88 Å². The first-order valence-electron chi connectivity index (χ1n) is 5.77. The predicted molar refractivity (Wildman–Crippen MR) is 74.8 cm³/mol. The van der Waals surface area contributed by atoms with Gasteiger partial charge < -0.3 is 0 Å². The Morgan fingerprint density at radius 3 is 2.75 bits per heavy atom. The summed E-state index contributed by atoms with van der Waals surface area (Å²) in [5.41, 5.74) is 0.453. The number of benzene rings is 1. The predicted octanol–water partition coefficient (Wildman–Crippen LogP) is 3.45. The molecule has 0 radical (unpaired) electrons. The van der Waals surface area contributed by atoms with E-state index in [9.17, 15) is 20.2 Å². The molecule has 100 valence electrons. The Bertz CT molecular complexity index is 702. The molecule has 0 aliphatic heterocycles. The average molecular weight is 286 g/mol. The molecule has 0 fully saturated rings. The number of nitrogens with zero attached hydrogens (tertiary/aromatic N) is 2. The van der Waals surface area contributed by atoms with E-state index in [2.05, 4.69) is 0 Å². The topological polar surface area (TPSA) is 84.0 Å². The third-order valence-corrected chi connectivity index (χ3v) is 3.77. The monoisotopic (exact) mass is 286 g/mol. The minimum Gasteiger partial charge on any atom is -0.292 e. The molecule has 0 aliphatic carbocycles. The summed E-state index contributed by atoms with van der Waals surface area (Å²) in [4.78, 5) is 23.4. The van der Waals surface area contributed by atoms with Crippen molar-refractivity contribution in [3.63, 3.8) is 0 Å². The van der Waals surface area contributed by atoms with Gasteiger partial charge in [0.2, 0.25) is 0 Å². The fourth-order valence-electron chi connectivity index (χ4n) is 1.87. The Balaban J connectivity index is 2.50. The van der Waals surface area contributed by atoms with Gasteiger partial charge >= 0.3 is 0 Å². The lowest BCUT2D eigenvalue weighted by molar-refractivity contribution is -0.385. The molecule has 2 rings (SSSR count). The van der Waals surface area contributed by atoms with Crippen molar-refractivity contribution < 1.29 is 9.72 Å². The highest BCUT2D eigenvalue weighted by Gasteiger charge is 2.28. The highest BCUT2D eigenvalue weighted by molar-refractivity contribution is 7.10. The number of nitro groups is 1. The Hall–Kier alpha value is -2.52. The van der Waals surface area contributed by atoms with Gasteiger partial charge in [0.25, 0.3) is 5.69 Å². The maximum absolute atomic E-state index is 12.4. The number of carbonyl (C=O) groups is 1. The van der Waals surface area contributed by atoms with E-state index in [1.807, 2.05) is 6.07 Å². The summed E-state index contributed by atoms with van der Waals surface area (Å²) in [6.07, 6.45) is 0. The van der Waals surface area contributed by atoms with Crippen LogP contribution in [0.4, 0.5) is 5.69 Å². The third kappa shape index (κ3) is 2.58. The van der Waals surface area contributed by atoms with Crippen molar-refractivity contribution in [2.75, 3.05) is 0 Å². The minimum atomic E-state index is -1.00. The van der Waals surface area contributed by atoms with Gasteiger partial charge in [0.15, 0.2) is 5.78 Å². The van der Waals surface area contributed by atoms with Crippen LogP contribution in [0.25, 0.3) is 0 Å². The maximum Gasteiger partial charge on any atom is 0.280 e. The van der Waals surface area contributed by atoms with Crippen LogP contribution in [0.5, 0.6) is 0 Å². The van der Waals surface area contributed by atoms with Crippen LogP contribution in [0.3, 0.4) is 0 Å². The number of Topliss-reactive ketones (excluding diaryl/α,β-unsaturated/α-hetero) is 1. The Labute approximate surface area is 119 Å². The molecule has 1 aromatic heterocycles. The molecular weight excluding hydrogens is 276 g/mol. The molecule has 0 spiro atoms. The van der Waals surface area contributed by atoms with Crippen LogP contribution in [-0.4, -0.2) is 10.7 Å². The second-order valence-electron chi connectivity index (χ2n) is 4.22. The van der Waals surface area contributed by atoms with Gasteiger partial charge in [-0.15, -0.1) is 11.3 Å². The first-order chi connectivity index (χ1) is 9.54. The van der Waals surface area contributed by atoms with Crippen LogP contribution in [0.2, 0.25) is 0 Å². The van der Waals surface area contributed by atoms with Gasteiger partial charge in [-0.2, -0.15) is 5.26 Å². The Morgan fingerprint density at radius 1 is 1.45 bits per heavy atom. The summed E-state index contributed by atoms with van der Waals surface area (Å²) in [5, 5.41) is 22.0. The van der Waals surface area contributed by atoms with Crippen molar-refractivity contribution in [2.45, 2.75) is 12.8 Å². The fraction of sp³-hybridized carbons (Fsp3) is 0.143. The van der Waals surface area contributed by atoms with E-state index >= 15 is 0 Å². The van der Waals surface area contributed by atoms with E-state index in [0.717, 1.165) is 5.56 Å². The van der Waals surface area contributed by atoms with Crippen molar-refractivity contribution in [2.24, 2.45) is 0 Å². The molecule has 0 saturated carbocycles. The molecule has 6 heteroatoms. The summed E-state index contributed by atoms with van der Waals surface area (Å²) < 4.78 is 0. The van der Waals surface area contributed by atoms with Crippen molar-refractivity contribution in [3.05, 3.63) is 61.8 Å². The number of carbonyl (C=O) groups excluding carboxylic acids is 1. The van der Waals surface area contributed by atoms with E-state index in [-0.39, 0.29) is 11.3 Å². The Kier molecular flexibility index (Phi) is 3.91. The van der Waals surface area contributed by atoms with E-state index < -0.39 is 16.6 Å². The molecular formula is C14H10N2O3S.